The highest BCUT2D eigenvalue weighted by Gasteiger charge is 2.39. The van der Waals surface area contributed by atoms with Gasteiger partial charge in [-0.05, 0) is 36.6 Å². The summed E-state index contributed by atoms with van der Waals surface area (Å²) < 4.78 is 26.5. The van der Waals surface area contributed by atoms with E-state index in [1.807, 2.05) is 31.2 Å². The molecule has 0 unspecified atom stereocenters. The Morgan fingerprint density at radius 3 is 2.04 bits per heavy atom. The molecule has 1 saturated heterocycles. The van der Waals surface area contributed by atoms with Crippen LogP contribution in [0.25, 0.3) is 11.1 Å². The molecule has 1 aliphatic heterocycles. The molecule has 0 saturated carbocycles. The maximum Gasteiger partial charge on any atom is 0.264 e. The molecule has 7 heteroatoms. The lowest BCUT2D eigenvalue weighted by Crippen LogP contribution is -2.42. The summed E-state index contributed by atoms with van der Waals surface area (Å²) >= 11 is 0. The first-order valence-electron chi connectivity index (χ1n) is 7.96. The average Bonchev–Trinajstić information content (AvgIpc) is 2.94. The molecule has 0 radical (unpaired) electrons. The van der Waals surface area contributed by atoms with Gasteiger partial charge in [0.25, 0.3) is 5.91 Å². The van der Waals surface area contributed by atoms with Crippen LogP contribution in [0.4, 0.5) is 0 Å². The third kappa shape index (κ3) is 3.30. The molecule has 1 atom stereocenters. The van der Waals surface area contributed by atoms with E-state index in [-0.39, 0.29) is 17.9 Å². The minimum absolute atomic E-state index is 0.120. The number of aryl methyl sites for hydroxylation is 1. The Labute approximate surface area is 147 Å². The molecule has 0 bridgehead atoms. The number of carbonyl (C=O) groups excluding carboxylic acids is 1. The van der Waals surface area contributed by atoms with Gasteiger partial charge in [0.2, 0.25) is 10.0 Å². The lowest BCUT2D eigenvalue weighted by Gasteiger charge is -2.22. The largest absolute Gasteiger partial charge is 0.286 e. The van der Waals surface area contributed by atoms with E-state index in [1.165, 1.54) is 19.2 Å². The number of carbonyl (C=O) groups is 1. The Morgan fingerprint density at radius 2 is 1.56 bits per heavy atom. The topological polar surface area (TPSA) is 77.9 Å². The fourth-order valence-electron chi connectivity index (χ4n) is 2.89. The third-order valence-corrected chi connectivity index (χ3v) is 6.39. The summed E-state index contributed by atoms with van der Waals surface area (Å²) in [7, 11) is -2.44. The molecule has 1 amide bonds. The normalized spacial score (nSPS) is 18.2. The molecule has 2 aromatic rings. The molecule has 1 heterocycles. The van der Waals surface area contributed by atoms with Crippen molar-refractivity contribution in [1.29, 1.82) is 0 Å². The third-order valence-electron chi connectivity index (χ3n) is 4.51. The van der Waals surface area contributed by atoms with E-state index in [2.05, 4.69) is 0 Å². The summed E-state index contributed by atoms with van der Waals surface area (Å²) in [4.78, 5) is 12.0. The van der Waals surface area contributed by atoms with E-state index >= 15 is 0 Å². The van der Waals surface area contributed by atoms with Crippen LogP contribution in [0.2, 0.25) is 0 Å². The standard InChI is InChI=1S/C18H20N2O4S/c1-13-3-5-14(6-4-13)15-7-9-16(10-8-15)25(23,24)19(2)17-11-12-20(22)18(17)21/h3-10,17,22H,11-12H2,1-2H3/t17-/m1/s1. The number of benzene rings is 2. The van der Waals surface area contributed by atoms with Gasteiger partial charge in [-0.25, -0.2) is 13.5 Å². The van der Waals surface area contributed by atoms with Crippen molar-refractivity contribution < 1.29 is 18.4 Å². The number of rotatable bonds is 4. The van der Waals surface area contributed by atoms with Gasteiger partial charge in [0, 0.05) is 7.05 Å². The van der Waals surface area contributed by atoms with E-state index in [9.17, 15) is 18.4 Å². The van der Waals surface area contributed by atoms with Crippen molar-refractivity contribution in [2.45, 2.75) is 24.3 Å². The Hall–Kier alpha value is -2.22. The van der Waals surface area contributed by atoms with Crippen LogP contribution in [0.3, 0.4) is 0 Å². The second-order valence-corrected chi connectivity index (χ2v) is 8.18. The Morgan fingerprint density at radius 1 is 1.04 bits per heavy atom. The second kappa shape index (κ2) is 6.59. The molecular formula is C18H20N2O4S. The maximum absolute atomic E-state index is 12.7. The molecule has 2 aromatic carbocycles. The van der Waals surface area contributed by atoms with Crippen LogP contribution in [0, 0.1) is 6.92 Å². The summed E-state index contributed by atoms with van der Waals surface area (Å²) in [5.41, 5.74) is 3.08. The van der Waals surface area contributed by atoms with Gasteiger partial charge in [-0.2, -0.15) is 4.31 Å². The summed E-state index contributed by atoms with van der Waals surface area (Å²) in [6, 6.07) is 13.7. The van der Waals surface area contributed by atoms with Gasteiger partial charge in [0.15, 0.2) is 0 Å². The SMILES string of the molecule is Cc1ccc(-c2ccc(S(=O)(=O)N(C)[C@@H]3CCN(O)C3=O)cc2)cc1. The predicted octanol–water partition coefficient (Wildman–Crippen LogP) is 2.27. The van der Waals surface area contributed by atoms with Gasteiger partial charge >= 0.3 is 0 Å². The van der Waals surface area contributed by atoms with E-state index in [0.29, 0.717) is 5.06 Å². The van der Waals surface area contributed by atoms with Crippen molar-refractivity contribution in [3.8, 4) is 11.1 Å². The highest BCUT2D eigenvalue weighted by molar-refractivity contribution is 7.89. The van der Waals surface area contributed by atoms with E-state index < -0.39 is 22.0 Å². The number of likely N-dealkylation sites (N-methyl/N-ethyl adjacent to an activating group) is 1. The fraction of sp³-hybridized carbons (Fsp3) is 0.278. The van der Waals surface area contributed by atoms with Crippen LogP contribution >= 0.6 is 0 Å². The zero-order valence-corrected chi connectivity index (χ0v) is 14.9. The van der Waals surface area contributed by atoms with Gasteiger partial charge in [0.05, 0.1) is 11.4 Å². The smallest absolute Gasteiger partial charge is 0.264 e. The molecule has 1 fully saturated rings. The van der Waals surface area contributed by atoms with Crippen molar-refractivity contribution in [3.05, 3.63) is 54.1 Å². The molecule has 0 spiro atoms. The Kier molecular flexibility index (Phi) is 4.64. The number of amides is 1. The molecule has 3 rings (SSSR count). The fourth-order valence-corrected chi connectivity index (χ4v) is 4.23. The first-order chi connectivity index (χ1) is 11.8. The molecule has 132 valence electrons. The molecular weight excluding hydrogens is 340 g/mol. The van der Waals surface area contributed by atoms with E-state index in [1.54, 1.807) is 12.1 Å². The Bertz CT molecular complexity index is 876. The van der Waals surface area contributed by atoms with Crippen molar-refractivity contribution in [2.24, 2.45) is 0 Å². The van der Waals surface area contributed by atoms with Crippen LogP contribution in [0.1, 0.15) is 12.0 Å². The molecule has 0 aromatic heterocycles. The minimum Gasteiger partial charge on any atom is -0.286 e. The maximum atomic E-state index is 12.7. The van der Waals surface area contributed by atoms with Gasteiger partial charge in [-0.15, -0.1) is 0 Å². The zero-order valence-electron chi connectivity index (χ0n) is 14.1. The minimum atomic E-state index is -3.81. The van der Waals surface area contributed by atoms with Crippen LogP contribution in [-0.4, -0.2) is 48.5 Å². The second-order valence-electron chi connectivity index (χ2n) is 6.18. The monoisotopic (exact) mass is 360 g/mol. The van der Waals surface area contributed by atoms with Gasteiger partial charge in [-0.1, -0.05) is 42.0 Å². The van der Waals surface area contributed by atoms with Crippen molar-refractivity contribution in [3.63, 3.8) is 0 Å². The van der Waals surface area contributed by atoms with Crippen molar-refractivity contribution >= 4 is 15.9 Å². The van der Waals surface area contributed by atoms with Crippen LogP contribution < -0.4 is 0 Å². The highest BCUT2D eigenvalue weighted by atomic mass is 32.2. The lowest BCUT2D eigenvalue weighted by molar-refractivity contribution is -0.159. The molecule has 0 aliphatic carbocycles. The zero-order chi connectivity index (χ0) is 18.2. The van der Waals surface area contributed by atoms with Gasteiger partial charge < -0.3 is 0 Å². The summed E-state index contributed by atoms with van der Waals surface area (Å²) in [5, 5.41) is 9.96. The van der Waals surface area contributed by atoms with Crippen molar-refractivity contribution in [2.75, 3.05) is 13.6 Å². The predicted molar refractivity (Wildman–Crippen MR) is 93.5 cm³/mol. The molecule has 6 nitrogen and oxygen atoms in total. The molecule has 1 N–H and O–H groups in total. The quantitative estimate of drug-likeness (QED) is 0.849. The van der Waals surface area contributed by atoms with Crippen molar-refractivity contribution in [1.82, 2.24) is 9.37 Å². The summed E-state index contributed by atoms with van der Waals surface area (Å²) in [5.74, 6) is -0.595. The Balaban J connectivity index is 1.85. The highest BCUT2D eigenvalue weighted by Crippen LogP contribution is 2.25. The van der Waals surface area contributed by atoms with Crippen LogP contribution in [0.15, 0.2) is 53.4 Å². The number of hydroxylamine groups is 2. The first kappa shape index (κ1) is 17.6. The average molecular weight is 360 g/mol. The number of hydrogen-bond donors (Lipinski definition) is 1. The van der Waals surface area contributed by atoms with Crippen LogP contribution in [-0.2, 0) is 14.8 Å². The van der Waals surface area contributed by atoms with E-state index in [0.717, 1.165) is 21.0 Å². The molecule has 1 aliphatic rings. The lowest BCUT2D eigenvalue weighted by atomic mass is 10.0. The number of sulfonamides is 1. The molecule has 25 heavy (non-hydrogen) atoms. The van der Waals surface area contributed by atoms with Crippen LogP contribution in [0.5, 0.6) is 0 Å². The summed E-state index contributed by atoms with van der Waals surface area (Å²) in [6.45, 7) is 2.14. The number of nitrogens with zero attached hydrogens (tertiary/aromatic N) is 2. The summed E-state index contributed by atoms with van der Waals surface area (Å²) in [6.07, 6.45) is 0.270. The first-order valence-corrected chi connectivity index (χ1v) is 9.40. The van der Waals surface area contributed by atoms with E-state index in [4.69, 9.17) is 0 Å². The van der Waals surface area contributed by atoms with Gasteiger partial charge in [-0.3, -0.25) is 10.0 Å². The van der Waals surface area contributed by atoms with Gasteiger partial charge in [0.1, 0.15) is 6.04 Å². The number of hydrogen-bond acceptors (Lipinski definition) is 4.